The van der Waals surface area contributed by atoms with Crippen LogP contribution in [-0.4, -0.2) is 50.9 Å². The molecule has 1 saturated heterocycles. The number of anilines is 3. The van der Waals surface area contributed by atoms with Gasteiger partial charge in [-0.3, -0.25) is 9.36 Å². The lowest BCUT2D eigenvalue weighted by Gasteiger charge is -2.29. The monoisotopic (exact) mass is 530 g/mol. The number of amides is 1. The van der Waals surface area contributed by atoms with Gasteiger partial charge in [-0.05, 0) is 44.2 Å². The minimum Gasteiger partial charge on any atom is -0.378 e. The molecule has 1 aliphatic carbocycles. The molecule has 5 rings (SSSR count). The summed E-state index contributed by atoms with van der Waals surface area (Å²) >= 11 is 6.28. The average Bonchev–Trinajstić information content (AvgIpc) is 3.24. The highest BCUT2D eigenvalue weighted by atomic mass is 35.5. The fourth-order valence-electron chi connectivity index (χ4n) is 4.91. The van der Waals surface area contributed by atoms with Crippen LogP contribution >= 0.6 is 11.6 Å². The molecule has 2 fully saturated rings. The number of nitrogens with one attached hydrogen (secondary N) is 2. The minimum absolute atomic E-state index is 0.00588. The van der Waals surface area contributed by atoms with Gasteiger partial charge in [0.2, 0.25) is 17.8 Å². The number of carbonyl (C=O) groups excluding carboxylic acids is 1. The van der Waals surface area contributed by atoms with Gasteiger partial charge >= 0.3 is 0 Å². The minimum atomic E-state index is -1.19. The number of nitriles is 1. The first-order chi connectivity index (χ1) is 17.8. The van der Waals surface area contributed by atoms with E-state index in [1.807, 2.05) is 10.6 Å². The van der Waals surface area contributed by atoms with Crippen molar-refractivity contribution in [2.45, 2.75) is 50.4 Å². The normalized spacial score (nSPS) is 23.9. The zero-order valence-corrected chi connectivity index (χ0v) is 20.5. The summed E-state index contributed by atoms with van der Waals surface area (Å²) in [5.74, 6) is -0.728. The van der Waals surface area contributed by atoms with E-state index in [0.717, 1.165) is 6.07 Å². The number of nitrogens with two attached hydrogens (primary N) is 1. The van der Waals surface area contributed by atoms with Crippen LogP contribution in [0.4, 0.5) is 26.4 Å². The molecular formula is C24H25ClF2N8O2. The summed E-state index contributed by atoms with van der Waals surface area (Å²) in [6.07, 6.45) is 3.22. The van der Waals surface area contributed by atoms with Gasteiger partial charge in [-0.1, -0.05) is 11.6 Å². The number of alkyl halides is 1. The molecule has 3 heterocycles. The molecule has 2 aliphatic rings. The summed E-state index contributed by atoms with van der Waals surface area (Å²) in [5, 5.41) is 15.1. The molecule has 0 bridgehead atoms. The van der Waals surface area contributed by atoms with Gasteiger partial charge in [-0.25, -0.2) is 18.7 Å². The second-order valence-electron chi connectivity index (χ2n) is 9.30. The molecule has 1 saturated carbocycles. The average molecular weight is 531 g/mol. The van der Waals surface area contributed by atoms with E-state index in [2.05, 4.69) is 25.6 Å². The lowest BCUT2D eigenvalue weighted by atomic mass is 9.85. The van der Waals surface area contributed by atoms with E-state index in [4.69, 9.17) is 27.3 Å². The Morgan fingerprint density at radius 1 is 1.24 bits per heavy atom. The van der Waals surface area contributed by atoms with Crippen LogP contribution in [0.1, 0.15) is 43.7 Å². The molecule has 0 spiro atoms. The number of hydrogen-bond acceptors (Lipinski definition) is 8. The van der Waals surface area contributed by atoms with Crippen LogP contribution in [-0.2, 0) is 9.53 Å². The Balaban J connectivity index is 1.53. The van der Waals surface area contributed by atoms with Crippen molar-refractivity contribution in [3.05, 3.63) is 34.7 Å². The first-order valence-electron chi connectivity index (χ1n) is 12.0. The molecule has 3 aromatic rings. The van der Waals surface area contributed by atoms with Crippen LogP contribution in [0.25, 0.3) is 11.2 Å². The maximum absolute atomic E-state index is 14.8. The van der Waals surface area contributed by atoms with Crippen molar-refractivity contribution in [1.82, 2.24) is 19.5 Å². The van der Waals surface area contributed by atoms with E-state index in [0.29, 0.717) is 49.9 Å². The zero-order valence-electron chi connectivity index (χ0n) is 19.8. The number of fused-ring (bicyclic) bond motifs is 1. The van der Waals surface area contributed by atoms with E-state index in [1.165, 1.54) is 12.3 Å². The predicted molar refractivity (Wildman–Crippen MR) is 133 cm³/mol. The van der Waals surface area contributed by atoms with Crippen molar-refractivity contribution in [2.24, 2.45) is 11.7 Å². The van der Waals surface area contributed by atoms with Gasteiger partial charge in [0, 0.05) is 18.6 Å². The molecule has 2 aromatic heterocycles. The van der Waals surface area contributed by atoms with Gasteiger partial charge in [0.15, 0.2) is 5.65 Å². The summed E-state index contributed by atoms with van der Waals surface area (Å²) in [4.78, 5) is 25.2. The van der Waals surface area contributed by atoms with Crippen molar-refractivity contribution in [2.75, 3.05) is 23.8 Å². The summed E-state index contributed by atoms with van der Waals surface area (Å²) in [6, 6.07) is 3.71. The number of nitrogens with zero attached hydrogens (tertiary/aromatic N) is 5. The zero-order chi connectivity index (χ0) is 26.1. The SMILES string of the molecule is N#Cc1cc(F)c(Nc2nc3cnc(N[C@H]4CCOC[C@H]4F)nc3n2[C@H]2CC[C@H](C(N)=O)CC2)c(Cl)c1. The molecule has 1 amide bonds. The van der Waals surface area contributed by atoms with E-state index < -0.39 is 18.0 Å². The highest BCUT2D eigenvalue weighted by Gasteiger charge is 2.30. The van der Waals surface area contributed by atoms with Crippen LogP contribution < -0.4 is 16.4 Å². The van der Waals surface area contributed by atoms with Crippen LogP contribution in [0.5, 0.6) is 0 Å². The third-order valence-corrected chi connectivity index (χ3v) is 7.20. The van der Waals surface area contributed by atoms with Crippen LogP contribution in [0, 0.1) is 23.1 Å². The molecular weight excluding hydrogens is 506 g/mol. The Labute approximate surface area is 216 Å². The van der Waals surface area contributed by atoms with Crippen LogP contribution in [0.15, 0.2) is 18.3 Å². The van der Waals surface area contributed by atoms with Gasteiger partial charge < -0.3 is 21.1 Å². The Bertz CT molecular complexity index is 1350. The number of imidazole rings is 1. The van der Waals surface area contributed by atoms with Crippen LogP contribution in [0.2, 0.25) is 5.02 Å². The number of hydrogen-bond donors (Lipinski definition) is 3. The van der Waals surface area contributed by atoms with Crippen molar-refractivity contribution < 1.29 is 18.3 Å². The molecule has 2 atom stereocenters. The number of rotatable bonds is 6. The summed E-state index contributed by atoms with van der Waals surface area (Å²) in [7, 11) is 0. The summed E-state index contributed by atoms with van der Waals surface area (Å²) < 4.78 is 36.2. The van der Waals surface area contributed by atoms with Crippen molar-refractivity contribution in [3.8, 4) is 6.07 Å². The molecule has 0 unspecified atom stereocenters. The molecule has 4 N–H and O–H groups in total. The number of carbonyl (C=O) groups is 1. The molecule has 1 aromatic carbocycles. The molecule has 37 heavy (non-hydrogen) atoms. The highest BCUT2D eigenvalue weighted by molar-refractivity contribution is 6.33. The number of halogens is 3. The maximum atomic E-state index is 14.8. The van der Waals surface area contributed by atoms with Gasteiger partial charge in [0.25, 0.3) is 0 Å². The topological polar surface area (TPSA) is 144 Å². The molecule has 0 radical (unpaired) electrons. The van der Waals surface area contributed by atoms with Crippen molar-refractivity contribution >= 4 is 46.3 Å². The number of ether oxygens (including phenoxy) is 1. The molecule has 10 nitrogen and oxygen atoms in total. The number of primary amides is 1. The van der Waals surface area contributed by atoms with Crippen molar-refractivity contribution in [1.29, 1.82) is 5.26 Å². The second kappa shape index (κ2) is 10.4. The third-order valence-electron chi connectivity index (χ3n) is 6.91. The Morgan fingerprint density at radius 2 is 2.03 bits per heavy atom. The Hall–Kier alpha value is -3.56. The quantitative estimate of drug-likeness (QED) is 0.434. The molecule has 13 heteroatoms. The lowest BCUT2D eigenvalue weighted by Crippen LogP contribution is -2.39. The first-order valence-corrected chi connectivity index (χ1v) is 12.4. The van der Waals surface area contributed by atoms with E-state index >= 15 is 0 Å². The van der Waals surface area contributed by atoms with Crippen molar-refractivity contribution in [3.63, 3.8) is 0 Å². The van der Waals surface area contributed by atoms with E-state index in [1.54, 1.807) is 0 Å². The Morgan fingerprint density at radius 3 is 2.70 bits per heavy atom. The lowest BCUT2D eigenvalue weighted by molar-refractivity contribution is -0.122. The molecule has 1 aliphatic heterocycles. The number of benzene rings is 1. The third kappa shape index (κ3) is 5.14. The fourth-order valence-corrected chi connectivity index (χ4v) is 5.17. The standard InChI is InChI=1S/C24H25ClF2N8O2/c25-15-7-12(9-28)8-16(26)20(15)33-24-32-19-10-30-23(31-18-5-6-37-11-17(18)27)34-22(19)35(24)14-3-1-13(2-4-14)21(29)36/h7-8,10,13-14,17-18H,1-6,11H2,(H2,29,36)(H,32,33)(H,30,31,34)/t13-,14-,17-,18+/m1/s1. The fraction of sp³-hybridized carbons (Fsp3) is 0.458. The van der Waals surface area contributed by atoms with Gasteiger partial charge in [-0.15, -0.1) is 0 Å². The summed E-state index contributed by atoms with van der Waals surface area (Å²) in [5.41, 5.74) is 6.48. The van der Waals surface area contributed by atoms with E-state index in [-0.39, 0.29) is 52.6 Å². The van der Waals surface area contributed by atoms with Gasteiger partial charge in [0.05, 0.1) is 41.2 Å². The van der Waals surface area contributed by atoms with Gasteiger partial charge in [-0.2, -0.15) is 10.2 Å². The Kier molecular flexibility index (Phi) is 7.08. The highest BCUT2D eigenvalue weighted by Crippen LogP contribution is 2.38. The number of aromatic nitrogens is 4. The van der Waals surface area contributed by atoms with E-state index in [9.17, 15) is 13.6 Å². The van der Waals surface area contributed by atoms with Gasteiger partial charge in [0.1, 0.15) is 17.5 Å². The smallest absolute Gasteiger partial charge is 0.225 e. The predicted octanol–water partition coefficient (Wildman–Crippen LogP) is 3.99. The van der Waals surface area contributed by atoms with Crippen LogP contribution in [0.3, 0.4) is 0 Å². The molecule has 194 valence electrons. The first kappa shape index (κ1) is 25.1. The largest absolute Gasteiger partial charge is 0.378 e. The summed E-state index contributed by atoms with van der Waals surface area (Å²) in [6.45, 7) is 0.443. The second-order valence-corrected chi connectivity index (χ2v) is 9.70. The maximum Gasteiger partial charge on any atom is 0.225 e.